The van der Waals surface area contributed by atoms with Crippen molar-refractivity contribution in [3.8, 4) is 22.9 Å². The summed E-state index contributed by atoms with van der Waals surface area (Å²) in [7, 11) is 3.83. The highest BCUT2D eigenvalue weighted by Crippen LogP contribution is 2.37. The molecule has 2 aromatic heterocycles. The molecule has 0 amide bonds. The zero-order chi connectivity index (χ0) is 23.7. The van der Waals surface area contributed by atoms with Gasteiger partial charge in [-0.1, -0.05) is 6.92 Å². The first-order chi connectivity index (χ1) is 15.8. The number of rotatable bonds is 8. The number of aromatic nitrogens is 2. The summed E-state index contributed by atoms with van der Waals surface area (Å²) in [4.78, 5) is 42.5. The minimum atomic E-state index is -0.421. The van der Waals surface area contributed by atoms with Gasteiger partial charge in [0, 0.05) is 35.5 Å². The molecule has 9 heteroatoms. The van der Waals surface area contributed by atoms with E-state index >= 15 is 0 Å². The van der Waals surface area contributed by atoms with Crippen LogP contribution in [0.15, 0.2) is 29.1 Å². The fourth-order valence-electron chi connectivity index (χ4n) is 4.07. The van der Waals surface area contributed by atoms with E-state index in [-0.39, 0.29) is 30.9 Å². The summed E-state index contributed by atoms with van der Waals surface area (Å²) in [6.07, 6.45) is 0.887. The fourth-order valence-corrected chi connectivity index (χ4v) is 4.07. The maximum atomic E-state index is 13.1. The molecule has 1 aliphatic heterocycles. The van der Waals surface area contributed by atoms with E-state index in [0.29, 0.717) is 42.1 Å². The average molecular weight is 451 g/mol. The zero-order valence-corrected chi connectivity index (χ0v) is 18.8. The number of pyridine rings is 2. The third-order valence-corrected chi connectivity index (χ3v) is 5.57. The quantitative estimate of drug-likeness (QED) is 0.321. The highest BCUT2D eigenvalue weighted by atomic mass is 16.5. The molecule has 0 aliphatic carbocycles. The molecular formula is C24H25N3O6. The lowest BCUT2D eigenvalue weighted by atomic mass is 10.0. The Morgan fingerprint density at radius 1 is 1.27 bits per heavy atom. The fraction of sp³-hybridized carbons (Fsp3) is 0.333. The summed E-state index contributed by atoms with van der Waals surface area (Å²) < 4.78 is 11.8. The van der Waals surface area contributed by atoms with Crippen molar-refractivity contribution in [3.05, 3.63) is 51.3 Å². The van der Waals surface area contributed by atoms with Crippen molar-refractivity contribution >= 4 is 23.3 Å². The maximum absolute atomic E-state index is 13.1. The Balaban J connectivity index is 1.78. The van der Waals surface area contributed by atoms with E-state index in [2.05, 4.69) is 0 Å². The van der Waals surface area contributed by atoms with E-state index in [1.165, 1.54) is 10.6 Å². The Labute approximate surface area is 190 Å². The lowest BCUT2D eigenvalue weighted by molar-refractivity contribution is -0.145. The average Bonchev–Trinajstić information content (AvgIpc) is 3.11. The minimum Gasteiger partial charge on any atom is -0.507 e. The highest BCUT2D eigenvalue weighted by molar-refractivity contribution is 5.89. The van der Waals surface area contributed by atoms with Crippen LogP contribution in [0.2, 0.25) is 0 Å². The lowest BCUT2D eigenvalue weighted by Gasteiger charge is -2.16. The van der Waals surface area contributed by atoms with Gasteiger partial charge in [-0.3, -0.25) is 14.4 Å². The SMILES string of the molecule is CCCC(=O)OCc1c(O)cc2n(c1=O)Cc1cc3c(CN(C)C)c(OC=O)ccc3nc1-2. The van der Waals surface area contributed by atoms with E-state index in [0.717, 1.165) is 16.5 Å². The number of esters is 1. The van der Waals surface area contributed by atoms with Crippen LogP contribution in [-0.2, 0) is 34.0 Å². The van der Waals surface area contributed by atoms with Gasteiger partial charge in [0.15, 0.2) is 0 Å². The van der Waals surface area contributed by atoms with Crippen LogP contribution in [0.4, 0.5) is 0 Å². The van der Waals surface area contributed by atoms with Gasteiger partial charge in [-0.05, 0) is 38.7 Å². The molecule has 33 heavy (non-hydrogen) atoms. The van der Waals surface area contributed by atoms with Crippen LogP contribution in [0.5, 0.6) is 11.5 Å². The molecule has 1 N–H and O–H groups in total. The van der Waals surface area contributed by atoms with Crippen molar-refractivity contribution in [2.24, 2.45) is 0 Å². The van der Waals surface area contributed by atoms with Crippen LogP contribution in [-0.4, -0.2) is 46.1 Å². The number of hydrogen-bond acceptors (Lipinski definition) is 8. The highest BCUT2D eigenvalue weighted by Gasteiger charge is 2.26. The first kappa shape index (κ1) is 22.5. The summed E-state index contributed by atoms with van der Waals surface area (Å²) in [5, 5.41) is 11.3. The zero-order valence-electron chi connectivity index (χ0n) is 18.8. The number of nitrogens with zero attached hydrogens (tertiary/aromatic N) is 3. The normalized spacial score (nSPS) is 12.0. The van der Waals surface area contributed by atoms with Crippen molar-refractivity contribution in [2.75, 3.05) is 14.1 Å². The monoisotopic (exact) mass is 451 g/mol. The van der Waals surface area contributed by atoms with Gasteiger partial charge >= 0.3 is 5.97 Å². The Morgan fingerprint density at radius 3 is 2.76 bits per heavy atom. The van der Waals surface area contributed by atoms with Crippen LogP contribution in [0.25, 0.3) is 22.3 Å². The summed E-state index contributed by atoms with van der Waals surface area (Å²) in [6, 6.07) is 6.89. The first-order valence-corrected chi connectivity index (χ1v) is 10.7. The standard InChI is InChI=1S/C24H25N3O6/c1-4-5-22(30)32-12-17-20(29)9-19-23-14(10-27(19)24(17)31)8-15-16(11-26(2)3)21(33-13-28)7-6-18(15)25-23/h6-9,13,29H,4-5,10-12H2,1-3H3. The van der Waals surface area contributed by atoms with E-state index in [1.54, 1.807) is 12.1 Å². The van der Waals surface area contributed by atoms with Gasteiger partial charge in [-0.15, -0.1) is 0 Å². The molecule has 3 aromatic rings. The molecule has 9 nitrogen and oxygen atoms in total. The molecule has 1 aliphatic rings. The molecule has 0 saturated carbocycles. The molecule has 0 bridgehead atoms. The second kappa shape index (κ2) is 9.03. The van der Waals surface area contributed by atoms with E-state index in [4.69, 9.17) is 14.5 Å². The molecule has 1 aromatic carbocycles. The summed E-state index contributed by atoms with van der Waals surface area (Å²) in [5.41, 5.74) is 3.02. The molecule has 0 spiro atoms. The third kappa shape index (κ3) is 4.19. The number of fused-ring (bicyclic) bond motifs is 4. The van der Waals surface area contributed by atoms with Crippen LogP contribution in [0.3, 0.4) is 0 Å². The predicted octanol–water partition coefficient (Wildman–Crippen LogP) is 2.57. The van der Waals surface area contributed by atoms with Gasteiger partial charge in [-0.25, -0.2) is 4.98 Å². The Hall–Kier alpha value is -3.72. The summed E-state index contributed by atoms with van der Waals surface area (Å²) >= 11 is 0. The van der Waals surface area contributed by atoms with Gasteiger partial charge < -0.3 is 24.0 Å². The van der Waals surface area contributed by atoms with Crippen molar-refractivity contribution in [2.45, 2.75) is 39.5 Å². The lowest BCUT2D eigenvalue weighted by Crippen LogP contribution is -2.24. The topological polar surface area (TPSA) is 111 Å². The summed E-state index contributed by atoms with van der Waals surface area (Å²) in [6.45, 7) is 2.77. The number of hydrogen-bond donors (Lipinski definition) is 1. The Morgan fingerprint density at radius 2 is 2.06 bits per heavy atom. The van der Waals surface area contributed by atoms with E-state index in [9.17, 15) is 19.5 Å². The van der Waals surface area contributed by atoms with Gasteiger partial charge in [-0.2, -0.15) is 0 Å². The van der Waals surface area contributed by atoms with Crippen LogP contribution >= 0.6 is 0 Å². The van der Waals surface area contributed by atoms with Crippen LogP contribution in [0.1, 0.15) is 36.5 Å². The molecule has 4 rings (SSSR count). The second-order valence-electron chi connectivity index (χ2n) is 8.25. The molecule has 0 saturated heterocycles. The third-order valence-electron chi connectivity index (χ3n) is 5.57. The Kier molecular flexibility index (Phi) is 6.15. The van der Waals surface area contributed by atoms with E-state index in [1.807, 2.05) is 32.0 Å². The largest absolute Gasteiger partial charge is 0.507 e. The second-order valence-corrected chi connectivity index (χ2v) is 8.25. The molecular weight excluding hydrogens is 426 g/mol. The number of aromatic hydroxyl groups is 1. The van der Waals surface area contributed by atoms with Gasteiger partial charge in [0.05, 0.1) is 29.0 Å². The maximum Gasteiger partial charge on any atom is 0.306 e. The van der Waals surface area contributed by atoms with Crippen molar-refractivity contribution in [3.63, 3.8) is 0 Å². The van der Waals surface area contributed by atoms with Gasteiger partial charge in [0.2, 0.25) is 0 Å². The smallest absolute Gasteiger partial charge is 0.306 e. The van der Waals surface area contributed by atoms with Crippen molar-refractivity contribution in [1.29, 1.82) is 0 Å². The first-order valence-electron chi connectivity index (χ1n) is 10.7. The molecule has 172 valence electrons. The predicted molar refractivity (Wildman–Crippen MR) is 121 cm³/mol. The van der Waals surface area contributed by atoms with Crippen molar-refractivity contribution in [1.82, 2.24) is 14.5 Å². The molecule has 0 fully saturated rings. The molecule has 0 atom stereocenters. The van der Waals surface area contributed by atoms with Gasteiger partial charge in [0.25, 0.3) is 12.0 Å². The number of carbonyl (C=O) groups is 2. The minimum absolute atomic E-state index is 0.0375. The number of ether oxygens (including phenoxy) is 2. The van der Waals surface area contributed by atoms with Crippen molar-refractivity contribution < 1.29 is 24.2 Å². The summed E-state index contributed by atoms with van der Waals surface area (Å²) in [5.74, 6) is -0.192. The van der Waals surface area contributed by atoms with Crippen LogP contribution in [0, 0.1) is 0 Å². The molecule has 0 unspecified atom stereocenters. The Bertz CT molecular complexity index is 1310. The molecule has 0 radical (unpaired) electrons. The van der Waals surface area contributed by atoms with E-state index < -0.39 is 11.5 Å². The van der Waals surface area contributed by atoms with Gasteiger partial charge in [0.1, 0.15) is 18.1 Å². The molecule has 3 heterocycles. The number of benzene rings is 1. The van der Waals surface area contributed by atoms with Crippen LogP contribution < -0.4 is 10.3 Å². The number of carbonyl (C=O) groups excluding carboxylic acids is 2.